The summed E-state index contributed by atoms with van der Waals surface area (Å²) in [7, 11) is 1.65. The number of aryl methyl sites for hydroxylation is 1. The van der Waals surface area contributed by atoms with E-state index in [1.165, 1.54) is 11.8 Å². The number of nitrogens with zero attached hydrogens (tertiary/aromatic N) is 3. The largest absolute Gasteiger partial charge is 0.497 e. The molecule has 0 spiro atoms. The van der Waals surface area contributed by atoms with E-state index in [0.29, 0.717) is 29.3 Å². The summed E-state index contributed by atoms with van der Waals surface area (Å²) in [5.41, 5.74) is 2.88. The van der Waals surface area contributed by atoms with Gasteiger partial charge < -0.3 is 19.5 Å². The maximum atomic E-state index is 12.6. The summed E-state index contributed by atoms with van der Waals surface area (Å²) in [5.74, 6) is 1.14. The highest BCUT2D eigenvalue weighted by Gasteiger charge is 2.21. The van der Waals surface area contributed by atoms with Crippen molar-refractivity contribution in [3.8, 4) is 5.75 Å². The molecular formula is C20H23N5O3S. The third-order valence-electron chi connectivity index (χ3n) is 5.00. The quantitative estimate of drug-likeness (QED) is 0.491. The van der Waals surface area contributed by atoms with Crippen LogP contribution < -0.4 is 15.2 Å². The first-order chi connectivity index (χ1) is 14.0. The third kappa shape index (κ3) is 4.24. The van der Waals surface area contributed by atoms with Crippen LogP contribution in [0, 0.1) is 6.92 Å². The first-order valence-corrected chi connectivity index (χ1v) is 10.4. The number of nitrogens with one attached hydrogen (secondary N) is 2. The summed E-state index contributed by atoms with van der Waals surface area (Å²) >= 11 is 1.26. The van der Waals surface area contributed by atoms with Crippen LogP contribution in [0.1, 0.15) is 5.69 Å². The van der Waals surface area contributed by atoms with E-state index in [1.807, 2.05) is 42.2 Å². The van der Waals surface area contributed by atoms with Crippen LogP contribution in [0.25, 0.3) is 11.0 Å². The number of hydrogen-bond acceptors (Lipinski definition) is 6. The van der Waals surface area contributed by atoms with Crippen LogP contribution in [0.3, 0.4) is 0 Å². The second-order valence-electron chi connectivity index (χ2n) is 6.94. The molecule has 0 unspecified atom stereocenters. The van der Waals surface area contributed by atoms with E-state index in [1.54, 1.807) is 7.11 Å². The van der Waals surface area contributed by atoms with Gasteiger partial charge in [-0.2, -0.15) is 0 Å². The number of hydrogen-bond donors (Lipinski definition) is 2. The van der Waals surface area contributed by atoms with Gasteiger partial charge in [-0.05, 0) is 37.3 Å². The van der Waals surface area contributed by atoms with E-state index in [-0.39, 0.29) is 17.2 Å². The van der Waals surface area contributed by atoms with Crippen molar-refractivity contribution in [3.63, 3.8) is 0 Å². The highest BCUT2D eigenvalue weighted by atomic mass is 32.2. The fourth-order valence-electron chi connectivity index (χ4n) is 3.43. The van der Waals surface area contributed by atoms with Crippen LogP contribution in [0.4, 0.5) is 5.69 Å². The Kier molecular flexibility index (Phi) is 5.48. The summed E-state index contributed by atoms with van der Waals surface area (Å²) in [6, 6.07) is 9.79. The number of amides is 1. The minimum atomic E-state index is -0.217. The normalized spacial score (nSPS) is 14.4. The maximum Gasteiger partial charge on any atom is 0.275 e. The number of carbonyl (C=O) groups excluding carboxylic acids is 1. The summed E-state index contributed by atoms with van der Waals surface area (Å²) in [5, 5.41) is 0.465. The molecule has 0 bridgehead atoms. The summed E-state index contributed by atoms with van der Waals surface area (Å²) < 4.78 is 5.20. The lowest BCUT2D eigenvalue weighted by atomic mass is 10.2. The van der Waals surface area contributed by atoms with Crippen LogP contribution in [-0.4, -0.2) is 64.8 Å². The van der Waals surface area contributed by atoms with Gasteiger partial charge in [-0.1, -0.05) is 11.8 Å². The molecule has 8 nitrogen and oxygen atoms in total. The number of methoxy groups -OCH3 is 1. The van der Waals surface area contributed by atoms with Gasteiger partial charge in [0.1, 0.15) is 11.3 Å². The molecular weight excluding hydrogens is 390 g/mol. The average molecular weight is 414 g/mol. The van der Waals surface area contributed by atoms with Gasteiger partial charge in [0.25, 0.3) is 5.56 Å². The van der Waals surface area contributed by atoms with Crippen molar-refractivity contribution >= 4 is 34.4 Å². The molecule has 1 aromatic carbocycles. The summed E-state index contributed by atoms with van der Waals surface area (Å²) in [6.07, 6.45) is 0. The van der Waals surface area contributed by atoms with Gasteiger partial charge in [-0.25, -0.2) is 4.98 Å². The fraction of sp³-hybridized carbons (Fsp3) is 0.350. The molecule has 0 aliphatic carbocycles. The van der Waals surface area contributed by atoms with Gasteiger partial charge in [0, 0.05) is 37.6 Å². The molecule has 152 valence electrons. The molecule has 0 saturated carbocycles. The molecule has 1 fully saturated rings. The number of fused-ring (bicyclic) bond motifs is 1. The van der Waals surface area contributed by atoms with E-state index < -0.39 is 0 Å². The van der Waals surface area contributed by atoms with Gasteiger partial charge in [0.05, 0.1) is 18.4 Å². The number of anilines is 1. The highest BCUT2D eigenvalue weighted by molar-refractivity contribution is 7.99. The highest BCUT2D eigenvalue weighted by Crippen LogP contribution is 2.21. The van der Waals surface area contributed by atoms with Gasteiger partial charge >= 0.3 is 0 Å². The molecule has 1 aliphatic heterocycles. The van der Waals surface area contributed by atoms with Gasteiger partial charge in [-0.3, -0.25) is 14.6 Å². The Morgan fingerprint density at radius 1 is 1.17 bits per heavy atom. The summed E-state index contributed by atoms with van der Waals surface area (Å²) in [6.45, 7) is 4.79. The van der Waals surface area contributed by atoms with E-state index in [9.17, 15) is 9.59 Å². The topological polar surface area (TPSA) is 94.3 Å². The fourth-order valence-corrected chi connectivity index (χ4v) is 4.20. The molecule has 2 aromatic heterocycles. The number of piperazine rings is 1. The number of H-pyrrole nitrogens is 2. The lowest BCUT2D eigenvalue weighted by molar-refractivity contribution is -0.128. The predicted molar refractivity (Wildman–Crippen MR) is 114 cm³/mol. The van der Waals surface area contributed by atoms with Gasteiger partial charge in [0.2, 0.25) is 5.91 Å². The molecule has 3 aromatic rings. The van der Waals surface area contributed by atoms with Crippen LogP contribution in [0.15, 0.2) is 40.3 Å². The first kappa shape index (κ1) is 19.4. The Balaban J connectivity index is 1.32. The van der Waals surface area contributed by atoms with Crippen molar-refractivity contribution < 1.29 is 9.53 Å². The van der Waals surface area contributed by atoms with Gasteiger partial charge in [0.15, 0.2) is 5.16 Å². The van der Waals surface area contributed by atoms with Crippen LogP contribution in [-0.2, 0) is 4.79 Å². The van der Waals surface area contributed by atoms with E-state index in [4.69, 9.17) is 4.74 Å². The molecule has 1 aliphatic rings. The van der Waals surface area contributed by atoms with E-state index in [2.05, 4.69) is 19.9 Å². The number of aromatic nitrogens is 3. The van der Waals surface area contributed by atoms with Crippen molar-refractivity contribution in [2.75, 3.05) is 43.9 Å². The molecule has 0 radical (unpaired) electrons. The van der Waals surface area contributed by atoms with Crippen molar-refractivity contribution in [1.29, 1.82) is 0 Å². The maximum absolute atomic E-state index is 12.6. The Morgan fingerprint density at radius 3 is 2.59 bits per heavy atom. The summed E-state index contributed by atoms with van der Waals surface area (Å²) in [4.78, 5) is 39.0. The molecule has 3 heterocycles. The van der Waals surface area contributed by atoms with E-state index >= 15 is 0 Å². The molecule has 9 heteroatoms. The van der Waals surface area contributed by atoms with Gasteiger partial charge in [-0.15, -0.1) is 0 Å². The lowest BCUT2D eigenvalue weighted by Gasteiger charge is -2.36. The average Bonchev–Trinajstić information content (AvgIpc) is 3.13. The zero-order valence-corrected chi connectivity index (χ0v) is 17.2. The Labute approximate surface area is 172 Å². The van der Waals surface area contributed by atoms with Crippen molar-refractivity contribution in [1.82, 2.24) is 19.9 Å². The number of benzene rings is 1. The van der Waals surface area contributed by atoms with Crippen molar-refractivity contribution in [2.45, 2.75) is 12.1 Å². The van der Waals surface area contributed by atoms with Crippen LogP contribution in [0.2, 0.25) is 0 Å². The number of rotatable bonds is 5. The Bertz CT molecular complexity index is 1070. The minimum Gasteiger partial charge on any atom is -0.497 e. The Morgan fingerprint density at radius 2 is 1.90 bits per heavy atom. The zero-order chi connectivity index (χ0) is 20.4. The number of thioether (sulfide) groups is 1. The van der Waals surface area contributed by atoms with Crippen molar-refractivity contribution in [3.05, 3.63) is 46.4 Å². The van der Waals surface area contributed by atoms with E-state index in [0.717, 1.165) is 30.2 Å². The number of carbonyl (C=O) groups is 1. The van der Waals surface area contributed by atoms with Crippen molar-refractivity contribution in [2.24, 2.45) is 0 Å². The first-order valence-electron chi connectivity index (χ1n) is 9.43. The standard InChI is InChI=1S/C20H23N5O3S/c1-13-11-16-18(21-13)19(27)23-20(22-16)29-12-17(26)25-9-7-24(8-10-25)14-3-5-15(28-2)6-4-14/h3-6,11,21H,7-10,12H2,1-2H3,(H,22,23,27). The predicted octanol–water partition coefficient (Wildman–Crippen LogP) is 2.01. The van der Waals surface area contributed by atoms with Crippen LogP contribution in [0.5, 0.6) is 5.75 Å². The molecule has 4 rings (SSSR count). The van der Waals surface area contributed by atoms with Crippen LogP contribution >= 0.6 is 11.8 Å². The molecule has 0 atom stereocenters. The monoisotopic (exact) mass is 413 g/mol. The minimum absolute atomic E-state index is 0.0531. The molecule has 2 N–H and O–H groups in total. The Hall–Kier alpha value is -2.94. The second kappa shape index (κ2) is 8.20. The second-order valence-corrected chi connectivity index (χ2v) is 7.90. The number of ether oxygens (including phenoxy) is 1. The third-order valence-corrected chi connectivity index (χ3v) is 5.86. The molecule has 1 amide bonds. The number of aromatic amines is 2. The zero-order valence-electron chi connectivity index (χ0n) is 16.4. The SMILES string of the molecule is COc1ccc(N2CCN(C(=O)CSc3nc4cc(C)[nH]c4c(=O)[nH]3)CC2)cc1. The molecule has 29 heavy (non-hydrogen) atoms. The smallest absolute Gasteiger partial charge is 0.275 e. The lowest BCUT2D eigenvalue weighted by Crippen LogP contribution is -2.49. The molecule has 1 saturated heterocycles.